The Kier molecular flexibility index (Phi) is 9.43. The summed E-state index contributed by atoms with van der Waals surface area (Å²) in [5.74, 6) is 3.26. The molecule has 0 saturated carbocycles. The molecule has 1 aromatic carbocycles. The van der Waals surface area contributed by atoms with Crippen LogP contribution in [0.1, 0.15) is 32.1 Å². The molecule has 1 fully saturated rings. The first-order chi connectivity index (χ1) is 12.3. The highest BCUT2D eigenvalue weighted by molar-refractivity contribution is 7.99. The van der Waals surface area contributed by atoms with Crippen molar-refractivity contribution < 1.29 is 14.3 Å². The average Bonchev–Trinajstić information content (AvgIpc) is 2.87. The summed E-state index contributed by atoms with van der Waals surface area (Å²) in [6.07, 6.45) is 5.07. The normalized spacial score (nSPS) is 19.2. The Morgan fingerprint density at radius 2 is 2.08 bits per heavy atom. The van der Waals surface area contributed by atoms with Crippen molar-refractivity contribution in [1.29, 1.82) is 0 Å². The molecule has 1 aromatic rings. The quantitative estimate of drug-likeness (QED) is 0.688. The smallest absolute Gasteiger partial charge is 0.220 e. The maximum Gasteiger partial charge on any atom is 0.220 e. The second-order valence-corrected chi connectivity index (χ2v) is 7.78. The van der Waals surface area contributed by atoms with E-state index in [9.17, 15) is 4.79 Å². The van der Waals surface area contributed by atoms with Gasteiger partial charge in [-0.05, 0) is 56.5 Å². The van der Waals surface area contributed by atoms with Crippen molar-refractivity contribution in [2.45, 2.75) is 37.0 Å². The van der Waals surface area contributed by atoms with E-state index in [4.69, 9.17) is 9.47 Å². The molecule has 2 heterocycles. The third-order valence-corrected chi connectivity index (χ3v) is 5.59. The summed E-state index contributed by atoms with van der Waals surface area (Å²) < 4.78 is 11.3. The monoisotopic (exact) mass is 400 g/mol. The van der Waals surface area contributed by atoms with Gasteiger partial charge in [0.05, 0.1) is 13.2 Å². The zero-order chi connectivity index (χ0) is 17.3. The standard InChI is InChI=1S/C19H28N2O3S.ClH/c22-19(21-9-6-15-3-1-8-20-14-15)7-12-25-16-4-5-17-18(13-16)24-11-2-10-23-17;/h4-5,13,15,20H,1-3,6-12,14H2,(H,21,22);1H. The van der Waals surface area contributed by atoms with E-state index in [2.05, 4.69) is 10.6 Å². The van der Waals surface area contributed by atoms with Crippen molar-refractivity contribution in [2.75, 3.05) is 38.6 Å². The second-order valence-electron chi connectivity index (χ2n) is 6.61. The summed E-state index contributed by atoms with van der Waals surface area (Å²) >= 11 is 1.68. The van der Waals surface area contributed by atoms with Crippen LogP contribution in [0.5, 0.6) is 11.5 Å². The molecule has 2 N–H and O–H groups in total. The fourth-order valence-corrected chi connectivity index (χ4v) is 4.05. The van der Waals surface area contributed by atoms with E-state index in [0.717, 1.165) is 54.6 Å². The zero-order valence-electron chi connectivity index (χ0n) is 15.1. The molecule has 146 valence electrons. The van der Waals surface area contributed by atoms with Crippen LogP contribution in [0.15, 0.2) is 23.1 Å². The van der Waals surface area contributed by atoms with Crippen molar-refractivity contribution >= 4 is 30.1 Å². The molecule has 0 aliphatic carbocycles. The van der Waals surface area contributed by atoms with Gasteiger partial charge in [-0.3, -0.25) is 4.79 Å². The number of rotatable bonds is 7. The van der Waals surface area contributed by atoms with Crippen LogP contribution in [-0.4, -0.2) is 44.5 Å². The van der Waals surface area contributed by atoms with Crippen molar-refractivity contribution in [3.8, 4) is 11.5 Å². The third kappa shape index (κ3) is 6.89. The van der Waals surface area contributed by atoms with Gasteiger partial charge in [-0.2, -0.15) is 0 Å². The van der Waals surface area contributed by atoms with Crippen molar-refractivity contribution in [3.05, 3.63) is 18.2 Å². The van der Waals surface area contributed by atoms with Gasteiger partial charge >= 0.3 is 0 Å². The minimum absolute atomic E-state index is 0. The molecule has 0 bridgehead atoms. The van der Waals surface area contributed by atoms with Crippen LogP contribution in [0.25, 0.3) is 0 Å². The number of fused-ring (bicyclic) bond motifs is 1. The molecule has 0 spiro atoms. The van der Waals surface area contributed by atoms with Gasteiger partial charge in [-0.25, -0.2) is 0 Å². The first-order valence-corrected chi connectivity index (χ1v) is 10.3. The Bertz CT molecular complexity index is 568. The van der Waals surface area contributed by atoms with Crippen LogP contribution in [0.3, 0.4) is 0 Å². The first-order valence-electron chi connectivity index (χ1n) is 9.31. The minimum atomic E-state index is 0. The number of benzene rings is 1. The van der Waals surface area contributed by atoms with Gasteiger partial charge in [0.2, 0.25) is 5.91 Å². The van der Waals surface area contributed by atoms with Gasteiger partial charge in [0, 0.05) is 30.0 Å². The summed E-state index contributed by atoms with van der Waals surface area (Å²) in [6.45, 7) is 4.42. The highest BCUT2D eigenvalue weighted by Crippen LogP contribution is 2.34. The highest BCUT2D eigenvalue weighted by Gasteiger charge is 2.13. The molecule has 2 aliphatic heterocycles. The van der Waals surface area contributed by atoms with Gasteiger partial charge in [0.15, 0.2) is 11.5 Å². The number of thioether (sulfide) groups is 1. The largest absolute Gasteiger partial charge is 0.490 e. The van der Waals surface area contributed by atoms with Crippen molar-refractivity contribution in [2.24, 2.45) is 5.92 Å². The molecule has 2 aliphatic rings. The van der Waals surface area contributed by atoms with E-state index in [1.807, 2.05) is 18.2 Å². The SMILES string of the molecule is Cl.O=C(CCSc1ccc2c(c1)OCCCO2)NCCC1CCCNC1. The lowest BCUT2D eigenvalue weighted by Crippen LogP contribution is -2.33. The first kappa shape index (κ1) is 21.2. The van der Waals surface area contributed by atoms with E-state index in [-0.39, 0.29) is 18.3 Å². The van der Waals surface area contributed by atoms with E-state index < -0.39 is 0 Å². The second kappa shape index (κ2) is 11.6. The number of carbonyl (C=O) groups is 1. The lowest BCUT2D eigenvalue weighted by atomic mass is 9.96. The number of hydrogen-bond acceptors (Lipinski definition) is 5. The molecule has 0 aromatic heterocycles. The van der Waals surface area contributed by atoms with Gasteiger partial charge in [-0.15, -0.1) is 24.2 Å². The Balaban J connectivity index is 0.00000243. The van der Waals surface area contributed by atoms with Crippen LogP contribution < -0.4 is 20.1 Å². The molecule has 3 rings (SSSR count). The van der Waals surface area contributed by atoms with Gasteiger partial charge < -0.3 is 20.1 Å². The average molecular weight is 401 g/mol. The molecule has 5 nitrogen and oxygen atoms in total. The topological polar surface area (TPSA) is 59.6 Å². The summed E-state index contributed by atoms with van der Waals surface area (Å²) in [5.41, 5.74) is 0. The predicted octanol–water partition coefficient (Wildman–Crippen LogP) is 3.26. The Morgan fingerprint density at radius 1 is 1.23 bits per heavy atom. The number of ether oxygens (including phenoxy) is 2. The predicted molar refractivity (Wildman–Crippen MR) is 108 cm³/mol. The fraction of sp³-hybridized carbons (Fsp3) is 0.632. The molecule has 1 unspecified atom stereocenters. The number of amides is 1. The maximum atomic E-state index is 12.0. The van der Waals surface area contributed by atoms with E-state index in [1.54, 1.807) is 11.8 Å². The molecule has 0 radical (unpaired) electrons. The number of hydrogen-bond donors (Lipinski definition) is 2. The summed E-state index contributed by atoms with van der Waals surface area (Å²) in [7, 11) is 0. The third-order valence-electron chi connectivity index (χ3n) is 4.59. The van der Waals surface area contributed by atoms with E-state index in [0.29, 0.717) is 25.6 Å². The van der Waals surface area contributed by atoms with Crippen LogP contribution in [0.4, 0.5) is 0 Å². The van der Waals surface area contributed by atoms with Crippen LogP contribution in [0.2, 0.25) is 0 Å². The van der Waals surface area contributed by atoms with Crippen LogP contribution in [-0.2, 0) is 4.79 Å². The molecule has 1 amide bonds. The molecular formula is C19H29ClN2O3S. The van der Waals surface area contributed by atoms with Gasteiger partial charge in [0.1, 0.15) is 0 Å². The Morgan fingerprint density at radius 3 is 2.88 bits per heavy atom. The maximum absolute atomic E-state index is 12.0. The molecule has 26 heavy (non-hydrogen) atoms. The molecule has 7 heteroatoms. The molecular weight excluding hydrogens is 372 g/mol. The zero-order valence-corrected chi connectivity index (χ0v) is 16.8. The number of nitrogens with one attached hydrogen (secondary N) is 2. The molecule has 1 saturated heterocycles. The lowest BCUT2D eigenvalue weighted by molar-refractivity contribution is -0.120. The number of piperidine rings is 1. The number of halogens is 1. The molecule has 1 atom stereocenters. The highest BCUT2D eigenvalue weighted by atomic mass is 35.5. The van der Waals surface area contributed by atoms with Gasteiger partial charge in [0.25, 0.3) is 0 Å². The van der Waals surface area contributed by atoms with Crippen molar-refractivity contribution in [3.63, 3.8) is 0 Å². The number of carbonyl (C=O) groups excluding carboxylic acids is 1. The summed E-state index contributed by atoms with van der Waals surface area (Å²) in [6, 6.07) is 6.01. The van der Waals surface area contributed by atoms with Crippen molar-refractivity contribution in [1.82, 2.24) is 10.6 Å². The van der Waals surface area contributed by atoms with Gasteiger partial charge in [-0.1, -0.05) is 0 Å². The van der Waals surface area contributed by atoms with E-state index in [1.165, 1.54) is 12.8 Å². The summed E-state index contributed by atoms with van der Waals surface area (Å²) in [5, 5.41) is 6.47. The Labute approximate surface area is 166 Å². The summed E-state index contributed by atoms with van der Waals surface area (Å²) in [4.78, 5) is 13.1. The minimum Gasteiger partial charge on any atom is -0.490 e. The fourth-order valence-electron chi connectivity index (χ4n) is 3.17. The van der Waals surface area contributed by atoms with Crippen LogP contribution >= 0.6 is 24.2 Å². The lowest BCUT2D eigenvalue weighted by Gasteiger charge is -2.22. The Hall–Kier alpha value is -1.11. The van der Waals surface area contributed by atoms with Crippen LogP contribution in [0, 0.1) is 5.92 Å². The van der Waals surface area contributed by atoms with E-state index >= 15 is 0 Å².